The molecular weight excluding hydrogens is 202 g/mol. The van der Waals surface area contributed by atoms with Crippen LogP contribution in [0.15, 0.2) is 24.3 Å². The van der Waals surface area contributed by atoms with Gasteiger partial charge in [0.15, 0.2) is 0 Å². The summed E-state index contributed by atoms with van der Waals surface area (Å²) in [7, 11) is 0. The van der Waals surface area contributed by atoms with E-state index < -0.39 is 0 Å². The van der Waals surface area contributed by atoms with E-state index in [1.807, 2.05) is 12.1 Å². The SMILES string of the molecule is CC(=O)Oc1ccc(CCN)cc1.Cl. The van der Waals surface area contributed by atoms with Crippen molar-refractivity contribution in [1.82, 2.24) is 0 Å². The number of carbonyl (C=O) groups excluding carboxylic acids is 1. The van der Waals surface area contributed by atoms with E-state index in [1.54, 1.807) is 12.1 Å². The first-order valence-corrected chi connectivity index (χ1v) is 4.20. The van der Waals surface area contributed by atoms with E-state index in [2.05, 4.69) is 0 Å². The van der Waals surface area contributed by atoms with Crippen molar-refractivity contribution in [3.05, 3.63) is 29.8 Å². The van der Waals surface area contributed by atoms with E-state index in [0.717, 1.165) is 12.0 Å². The quantitative estimate of drug-likeness (QED) is 0.615. The van der Waals surface area contributed by atoms with Crippen LogP contribution < -0.4 is 10.5 Å². The summed E-state index contributed by atoms with van der Waals surface area (Å²) in [6.45, 7) is 2.01. The molecular formula is C10H14ClNO2. The van der Waals surface area contributed by atoms with Crippen LogP contribution in [0, 0.1) is 0 Å². The van der Waals surface area contributed by atoms with E-state index in [0.29, 0.717) is 12.3 Å². The van der Waals surface area contributed by atoms with Gasteiger partial charge < -0.3 is 10.5 Å². The summed E-state index contributed by atoms with van der Waals surface area (Å²) in [5.41, 5.74) is 6.55. The molecule has 0 spiro atoms. The number of carbonyl (C=O) groups is 1. The molecule has 0 aliphatic heterocycles. The number of hydrogen-bond donors (Lipinski definition) is 1. The first-order chi connectivity index (χ1) is 6.22. The molecule has 78 valence electrons. The Morgan fingerprint density at radius 3 is 2.36 bits per heavy atom. The molecule has 0 aliphatic rings. The number of nitrogens with two attached hydrogens (primary N) is 1. The molecule has 0 saturated heterocycles. The Hall–Kier alpha value is -1.06. The number of rotatable bonds is 3. The van der Waals surface area contributed by atoms with Crippen LogP contribution in [0.1, 0.15) is 12.5 Å². The zero-order valence-electron chi connectivity index (χ0n) is 8.03. The van der Waals surface area contributed by atoms with Crippen molar-refractivity contribution in [1.29, 1.82) is 0 Å². The van der Waals surface area contributed by atoms with Gasteiger partial charge in [0.25, 0.3) is 0 Å². The summed E-state index contributed by atoms with van der Waals surface area (Å²) in [5.74, 6) is 0.278. The zero-order chi connectivity index (χ0) is 9.68. The predicted molar refractivity (Wildman–Crippen MR) is 57.8 cm³/mol. The van der Waals surface area contributed by atoms with Crippen LogP contribution in [0.2, 0.25) is 0 Å². The maximum atomic E-state index is 10.6. The second-order valence-electron chi connectivity index (χ2n) is 2.78. The fourth-order valence-corrected chi connectivity index (χ4v) is 1.06. The van der Waals surface area contributed by atoms with Crippen molar-refractivity contribution in [3.8, 4) is 5.75 Å². The van der Waals surface area contributed by atoms with Crippen molar-refractivity contribution in [2.75, 3.05) is 6.54 Å². The minimum absolute atomic E-state index is 0. The van der Waals surface area contributed by atoms with Gasteiger partial charge in [0.1, 0.15) is 5.75 Å². The van der Waals surface area contributed by atoms with Crippen LogP contribution >= 0.6 is 12.4 Å². The molecule has 0 radical (unpaired) electrons. The van der Waals surface area contributed by atoms with E-state index in [4.69, 9.17) is 10.5 Å². The van der Waals surface area contributed by atoms with Crippen molar-refractivity contribution < 1.29 is 9.53 Å². The van der Waals surface area contributed by atoms with E-state index in [1.165, 1.54) is 6.92 Å². The minimum Gasteiger partial charge on any atom is -0.427 e. The lowest BCUT2D eigenvalue weighted by Crippen LogP contribution is -2.03. The van der Waals surface area contributed by atoms with Crippen LogP contribution in [0.4, 0.5) is 0 Å². The second-order valence-corrected chi connectivity index (χ2v) is 2.78. The number of hydrogen-bond acceptors (Lipinski definition) is 3. The summed E-state index contributed by atoms with van der Waals surface area (Å²) in [6, 6.07) is 7.36. The van der Waals surface area contributed by atoms with Gasteiger partial charge in [-0.15, -0.1) is 12.4 Å². The lowest BCUT2D eigenvalue weighted by molar-refractivity contribution is -0.131. The molecule has 0 aliphatic carbocycles. The van der Waals surface area contributed by atoms with Crippen LogP contribution in [0.5, 0.6) is 5.75 Å². The normalized spacial score (nSPS) is 9.00. The van der Waals surface area contributed by atoms with Gasteiger partial charge in [0.2, 0.25) is 0 Å². The average molecular weight is 216 g/mol. The molecule has 1 aromatic rings. The van der Waals surface area contributed by atoms with Crippen molar-refractivity contribution in [3.63, 3.8) is 0 Å². The minimum atomic E-state index is -0.299. The highest BCUT2D eigenvalue weighted by atomic mass is 35.5. The van der Waals surface area contributed by atoms with Crippen LogP contribution in [0.3, 0.4) is 0 Å². The predicted octanol–water partition coefficient (Wildman–Crippen LogP) is 1.53. The van der Waals surface area contributed by atoms with Crippen LogP contribution in [-0.2, 0) is 11.2 Å². The lowest BCUT2D eigenvalue weighted by atomic mass is 10.1. The van der Waals surface area contributed by atoms with Crippen molar-refractivity contribution in [2.45, 2.75) is 13.3 Å². The van der Waals surface area contributed by atoms with Gasteiger partial charge in [-0.25, -0.2) is 0 Å². The summed E-state index contributed by atoms with van der Waals surface area (Å²) < 4.78 is 4.88. The Morgan fingerprint density at radius 2 is 1.93 bits per heavy atom. The third-order valence-electron chi connectivity index (χ3n) is 1.62. The molecule has 0 fully saturated rings. The van der Waals surface area contributed by atoms with Gasteiger partial charge >= 0.3 is 5.97 Å². The number of ether oxygens (including phenoxy) is 1. The summed E-state index contributed by atoms with van der Waals surface area (Å²) in [4.78, 5) is 10.6. The Morgan fingerprint density at radius 1 is 1.36 bits per heavy atom. The van der Waals surface area contributed by atoms with E-state index in [-0.39, 0.29) is 18.4 Å². The van der Waals surface area contributed by atoms with Gasteiger partial charge in [-0.2, -0.15) is 0 Å². The van der Waals surface area contributed by atoms with Gasteiger partial charge in [-0.05, 0) is 30.7 Å². The van der Waals surface area contributed by atoms with Crippen LogP contribution in [0.25, 0.3) is 0 Å². The summed E-state index contributed by atoms with van der Waals surface area (Å²) in [6.07, 6.45) is 0.848. The Labute approximate surface area is 89.7 Å². The summed E-state index contributed by atoms with van der Waals surface area (Å²) >= 11 is 0. The van der Waals surface area contributed by atoms with Gasteiger partial charge in [0, 0.05) is 6.92 Å². The molecule has 0 amide bonds. The molecule has 14 heavy (non-hydrogen) atoms. The molecule has 3 nitrogen and oxygen atoms in total. The molecule has 0 aromatic heterocycles. The fourth-order valence-electron chi connectivity index (χ4n) is 1.06. The Balaban J connectivity index is 0.00000169. The highest BCUT2D eigenvalue weighted by molar-refractivity contribution is 5.85. The third-order valence-corrected chi connectivity index (χ3v) is 1.62. The summed E-state index contributed by atoms with van der Waals surface area (Å²) in [5, 5.41) is 0. The lowest BCUT2D eigenvalue weighted by Gasteiger charge is -2.02. The van der Waals surface area contributed by atoms with Gasteiger partial charge in [-0.1, -0.05) is 12.1 Å². The first kappa shape index (κ1) is 12.9. The van der Waals surface area contributed by atoms with Gasteiger partial charge in [0.05, 0.1) is 0 Å². The molecule has 0 atom stereocenters. The highest BCUT2D eigenvalue weighted by Gasteiger charge is 1.97. The smallest absolute Gasteiger partial charge is 0.308 e. The Kier molecular flexibility index (Phi) is 5.92. The molecule has 0 heterocycles. The van der Waals surface area contributed by atoms with E-state index in [9.17, 15) is 4.79 Å². The number of halogens is 1. The zero-order valence-corrected chi connectivity index (χ0v) is 8.84. The molecule has 0 unspecified atom stereocenters. The largest absolute Gasteiger partial charge is 0.427 e. The molecule has 0 bridgehead atoms. The maximum absolute atomic E-state index is 10.6. The molecule has 2 N–H and O–H groups in total. The standard InChI is InChI=1S/C10H13NO2.ClH/c1-8(12)13-10-4-2-9(3-5-10)6-7-11;/h2-5H,6-7,11H2,1H3;1H. The molecule has 1 aromatic carbocycles. The highest BCUT2D eigenvalue weighted by Crippen LogP contribution is 2.12. The fraction of sp³-hybridized carbons (Fsp3) is 0.300. The monoisotopic (exact) mass is 215 g/mol. The number of esters is 1. The molecule has 4 heteroatoms. The van der Waals surface area contributed by atoms with Gasteiger partial charge in [-0.3, -0.25) is 4.79 Å². The third kappa shape index (κ3) is 4.25. The number of benzene rings is 1. The topological polar surface area (TPSA) is 52.3 Å². The molecule has 1 rings (SSSR count). The second kappa shape index (κ2) is 6.40. The average Bonchev–Trinajstić information content (AvgIpc) is 2.08. The van der Waals surface area contributed by atoms with E-state index >= 15 is 0 Å². The Bertz CT molecular complexity index is 285. The van der Waals surface area contributed by atoms with Crippen LogP contribution in [-0.4, -0.2) is 12.5 Å². The van der Waals surface area contributed by atoms with Crippen molar-refractivity contribution >= 4 is 18.4 Å². The first-order valence-electron chi connectivity index (χ1n) is 4.20. The maximum Gasteiger partial charge on any atom is 0.308 e. The molecule has 0 saturated carbocycles. The van der Waals surface area contributed by atoms with Crippen molar-refractivity contribution in [2.24, 2.45) is 5.73 Å².